The fraction of sp³-hybridized carbons (Fsp3) is 0.462. The van der Waals surface area contributed by atoms with Gasteiger partial charge in [-0.1, -0.05) is 6.07 Å². The normalized spacial score (nSPS) is 16.7. The maximum atomic E-state index is 11.8. The van der Waals surface area contributed by atoms with E-state index in [1.165, 1.54) is 0 Å². The summed E-state index contributed by atoms with van der Waals surface area (Å²) in [5.74, 6) is 0.681. The van der Waals surface area contributed by atoms with Crippen LogP contribution in [0, 0.1) is 5.92 Å². The largest absolute Gasteiger partial charge is 0.508 e. The smallest absolute Gasteiger partial charge is 0.224 e. The average molecular weight is 234 g/mol. The van der Waals surface area contributed by atoms with Gasteiger partial charge >= 0.3 is 0 Å². The van der Waals surface area contributed by atoms with Crippen LogP contribution in [0.15, 0.2) is 24.3 Å². The van der Waals surface area contributed by atoms with Crippen LogP contribution in [0.2, 0.25) is 0 Å². The summed E-state index contributed by atoms with van der Waals surface area (Å²) in [7, 11) is 0. The number of hydrogen-bond donors (Lipinski definition) is 3. The van der Waals surface area contributed by atoms with Crippen LogP contribution in [0.5, 0.6) is 5.75 Å². The number of rotatable bonds is 3. The molecule has 1 saturated heterocycles. The van der Waals surface area contributed by atoms with Crippen molar-refractivity contribution in [3.05, 3.63) is 24.3 Å². The van der Waals surface area contributed by atoms with E-state index < -0.39 is 0 Å². The Kier molecular flexibility index (Phi) is 3.98. The first kappa shape index (κ1) is 11.9. The Morgan fingerprint density at radius 1 is 1.41 bits per heavy atom. The SMILES string of the molecule is O=C(CC1CCNCC1)Nc1cccc(O)c1. The molecule has 0 spiro atoms. The van der Waals surface area contributed by atoms with Crippen molar-refractivity contribution in [2.24, 2.45) is 5.92 Å². The first-order chi connectivity index (χ1) is 8.24. The minimum atomic E-state index is 0.0301. The molecule has 17 heavy (non-hydrogen) atoms. The fourth-order valence-electron chi connectivity index (χ4n) is 2.14. The number of carbonyl (C=O) groups excluding carboxylic acids is 1. The highest BCUT2D eigenvalue weighted by Crippen LogP contribution is 2.19. The number of nitrogens with one attached hydrogen (secondary N) is 2. The van der Waals surface area contributed by atoms with Gasteiger partial charge in [0.05, 0.1) is 0 Å². The van der Waals surface area contributed by atoms with Crippen LogP contribution in [0.4, 0.5) is 5.69 Å². The molecule has 2 rings (SSSR count). The van der Waals surface area contributed by atoms with Crippen molar-refractivity contribution in [1.82, 2.24) is 5.32 Å². The highest BCUT2D eigenvalue weighted by molar-refractivity contribution is 5.91. The van der Waals surface area contributed by atoms with Gasteiger partial charge in [0, 0.05) is 18.2 Å². The van der Waals surface area contributed by atoms with E-state index in [0.717, 1.165) is 25.9 Å². The first-order valence-corrected chi connectivity index (χ1v) is 6.03. The lowest BCUT2D eigenvalue weighted by Gasteiger charge is -2.21. The molecule has 1 aromatic carbocycles. The molecule has 0 saturated carbocycles. The topological polar surface area (TPSA) is 61.4 Å². The second-order valence-electron chi connectivity index (χ2n) is 4.50. The monoisotopic (exact) mass is 234 g/mol. The molecule has 0 unspecified atom stereocenters. The number of benzene rings is 1. The third-order valence-corrected chi connectivity index (χ3v) is 3.06. The molecule has 1 aromatic rings. The number of amides is 1. The van der Waals surface area contributed by atoms with Gasteiger partial charge in [-0.15, -0.1) is 0 Å². The van der Waals surface area contributed by atoms with Gasteiger partial charge in [-0.05, 0) is 44.0 Å². The van der Waals surface area contributed by atoms with Crippen LogP contribution < -0.4 is 10.6 Å². The molecule has 0 bridgehead atoms. The minimum Gasteiger partial charge on any atom is -0.508 e. The molecule has 0 atom stereocenters. The van der Waals surface area contributed by atoms with Crippen molar-refractivity contribution in [3.63, 3.8) is 0 Å². The second-order valence-corrected chi connectivity index (χ2v) is 4.50. The summed E-state index contributed by atoms with van der Waals surface area (Å²) in [5.41, 5.74) is 0.656. The first-order valence-electron chi connectivity index (χ1n) is 6.03. The summed E-state index contributed by atoms with van der Waals surface area (Å²) in [6.45, 7) is 2.01. The molecular formula is C13H18N2O2. The number of carbonyl (C=O) groups is 1. The van der Waals surface area contributed by atoms with Crippen LogP contribution in [-0.2, 0) is 4.79 Å². The van der Waals surface area contributed by atoms with Crippen molar-refractivity contribution >= 4 is 11.6 Å². The number of hydrogen-bond acceptors (Lipinski definition) is 3. The Hall–Kier alpha value is -1.55. The molecular weight excluding hydrogens is 216 g/mol. The molecule has 4 nitrogen and oxygen atoms in total. The van der Waals surface area contributed by atoms with E-state index >= 15 is 0 Å². The van der Waals surface area contributed by atoms with E-state index in [-0.39, 0.29) is 11.7 Å². The Morgan fingerprint density at radius 3 is 2.88 bits per heavy atom. The molecule has 92 valence electrons. The zero-order valence-corrected chi connectivity index (χ0v) is 9.78. The molecule has 1 aliphatic heterocycles. The van der Waals surface area contributed by atoms with E-state index in [2.05, 4.69) is 10.6 Å². The van der Waals surface area contributed by atoms with E-state index in [1.807, 2.05) is 0 Å². The number of piperidine rings is 1. The number of aromatic hydroxyl groups is 1. The molecule has 1 heterocycles. The molecule has 0 aliphatic carbocycles. The van der Waals surface area contributed by atoms with Crippen LogP contribution in [0.1, 0.15) is 19.3 Å². The molecule has 4 heteroatoms. The van der Waals surface area contributed by atoms with Crippen molar-refractivity contribution in [1.29, 1.82) is 0 Å². The predicted octanol–water partition coefficient (Wildman–Crippen LogP) is 1.72. The summed E-state index contributed by atoms with van der Waals surface area (Å²) in [4.78, 5) is 11.8. The summed E-state index contributed by atoms with van der Waals surface area (Å²) >= 11 is 0. The summed E-state index contributed by atoms with van der Waals surface area (Å²) in [6, 6.07) is 6.64. The highest BCUT2D eigenvalue weighted by atomic mass is 16.3. The standard InChI is InChI=1S/C13H18N2O2/c16-12-3-1-2-11(9-12)15-13(17)8-10-4-6-14-7-5-10/h1-3,9-10,14,16H,4-8H2,(H,15,17). The Bertz CT molecular complexity index is 387. The lowest BCUT2D eigenvalue weighted by atomic mass is 9.94. The Balaban J connectivity index is 1.84. The fourth-order valence-corrected chi connectivity index (χ4v) is 2.14. The summed E-state index contributed by atoms with van der Waals surface area (Å²) in [5, 5.41) is 15.4. The van der Waals surface area contributed by atoms with Gasteiger partial charge in [0.1, 0.15) is 5.75 Å². The van der Waals surface area contributed by atoms with Crippen molar-refractivity contribution in [2.45, 2.75) is 19.3 Å². The van der Waals surface area contributed by atoms with Crippen LogP contribution >= 0.6 is 0 Å². The van der Waals surface area contributed by atoms with E-state index in [9.17, 15) is 9.90 Å². The van der Waals surface area contributed by atoms with E-state index in [4.69, 9.17) is 0 Å². The van der Waals surface area contributed by atoms with Gasteiger partial charge in [-0.3, -0.25) is 4.79 Å². The van der Waals surface area contributed by atoms with Crippen molar-refractivity contribution < 1.29 is 9.90 Å². The van der Waals surface area contributed by atoms with Gasteiger partial charge in [0.2, 0.25) is 5.91 Å². The maximum absolute atomic E-state index is 11.8. The van der Waals surface area contributed by atoms with Crippen molar-refractivity contribution in [2.75, 3.05) is 18.4 Å². The Morgan fingerprint density at radius 2 is 2.18 bits per heavy atom. The van der Waals surface area contributed by atoms with Crippen molar-refractivity contribution in [3.8, 4) is 5.75 Å². The molecule has 3 N–H and O–H groups in total. The van der Waals surface area contributed by atoms with Gasteiger partial charge in [0.25, 0.3) is 0 Å². The molecule has 0 radical (unpaired) electrons. The zero-order valence-electron chi connectivity index (χ0n) is 9.78. The number of anilines is 1. The summed E-state index contributed by atoms with van der Waals surface area (Å²) < 4.78 is 0. The van der Waals surface area contributed by atoms with Gasteiger partial charge in [0.15, 0.2) is 0 Å². The van der Waals surface area contributed by atoms with Crippen LogP contribution in [0.3, 0.4) is 0 Å². The van der Waals surface area contributed by atoms with Gasteiger partial charge in [-0.25, -0.2) is 0 Å². The van der Waals surface area contributed by atoms with E-state index in [1.54, 1.807) is 24.3 Å². The maximum Gasteiger partial charge on any atom is 0.224 e. The number of phenols is 1. The quantitative estimate of drug-likeness (QED) is 0.746. The van der Waals surface area contributed by atoms with E-state index in [0.29, 0.717) is 18.0 Å². The van der Waals surface area contributed by atoms with Gasteiger partial charge in [-0.2, -0.15) is 0 Å². The summed E-state index contributed by atoms with van der Waals surface area (Å²) in [6.07, 6.45) is 2.69. The second kappa shape index (κ2) is 5.68. The zero-order chi connectivity index (χ0) is 12.1. The van der Waals surface area contributed by atoms with Crippen LogP contribution in [0.25, 0.3) is 0 Å². The third kappa shape index (κ3) is 3.75. The Labute approximate surface area is 101 Å². The van der Waals surface area contributed by atoms with Crippen LogP contribution in [-0.4, -0.2) is 24.1 Å². The predicted molar refractivity (Wildman–Crippen MR) is 66.9 cm³/mol. The highest BCUT2D eigenvalue weighted by Gasteiger charge is 2.16. The lowest BCUT2D eigenvalue weighted by Crippen LogP contribution is -2.30. The lowest BCUT2D eigenvalue weighted by molar-refractivity contribution is -0.117. The third-order valence-electron chi connectivity index (χ3n) is 3.06. The molecule has 1 amide bonds. The molecule has 0 aromatic heterocycles. The molecule has 1 fully saturated rings. The number of phenolic OH excluding ortho intramolecular Hbond substituents is 1. The minimum absolute atomic E-state index is 0.0301. The van der Waals surface area contributed by atoms with Gasteiger partial charge < -0.3 is 15.7 Å². The average Bonchev–Trinajstić information content (AvgIpc) is 2.30. The molecule has 1 aliphatic rings.